The van der Waals surface area contributed by atoms with Crippen molar-refractivity contribution in [3.63, 3.8) is 0 Å². The van der Waals surface area contributed by atoms with Gasteiger partial charge in [-0.1, -0.05) is 0 Å². The van der Waals surface area contributed by atoms with E-state index in [1.54, 1.807) is 0 Å². The van der Waals surface area contributed by atoms with Gasteiger partial charge in [0.2, 0.25) is 5.91 Å². The summed E-state index contributed by atoms with van der Waals surface area (Å²) in [6.07, 6.45) is 3.64. The number of piperidine rings is 1. The minimum Gasteiger partial charge on any atom is -0.341 e. The molecule has 4 heteroatoms. The van der Waals surface area contributed by atoms with E-state index in [4.69, 9.17) is 0 Å². The van der Waals surface area contributed by atoms with Crippen molar-refractivity contribution in [2.45, 2.75) is 51.6 Å². The number of nitrogens with one attached hydrogen (secondary N) is 1. The van der Waals surface area contributed by atoms with Gasteiger partial charge >= 0.3 is 0 Å². The maximum Gasteiger partial charge on any atom is 0.239 e. The van der Waals surface area contributed by atoms with Gasteiger partial charge in [-0.05, 0) is 58.4 Å². The number of hydrogen-bond acceptors (Lipinski definition) is 3. The number of carbonyl (C=O) groups is 1. The predicted octanol–water partition coefficient (Wildman–Crippen LogP) is 1.32. The molecule has 1 amide bonds. The summed E-state index contributed by atoms with van der Waals surface area (Å²) in [5, 5.41) is 3.51. The molecule has 3 rings (SSSR count). The molecule has 0 aromatic heterocycles. The van der Waals surface area contributed by atoms with Gasteiger partial charge < -0.3 is 10.2 Å². The van der Waals surface area contributed by atoms with Gasteiger partial charge in [-0.25, -0.2) is 0 Å². The van der Waals surface area contributed by atoms with E-state index in [1.807, 2.05) is 0 Å². The average molecular weight is 279 g/mol. The summed E-state index contributed by atoms with van der Waals surface area (Å²) >= 11 is 0. The summed E-state index contributed by atoms with van der Waals surface area (Å²) in [7, 11) is 0. The fourth-order valence-corrected chi connectivity index (χ4v) is 4.62. The van der Waals surface area contributed by atoms with Crippen LogP contribution in [0.5, 0.6) is 0 Å². The zero-order chi connectivity index (χ0) is 14.3. The van der Waals surface area contributed by atoms with Crippen LogP contribution in [0.3, 0.4) is 0 Å². The molecule has 3 heterocycles. The first-order chi connectivity index (χ1) is 9.51. The van der Waals surface area contributed by atoms with Crippen LogP contribution in [0.1, 0.15) is 40.0 Å². The van der Waals surface area contributed by atoms with Gasteiger partial charge in [0.05, 0.1) is 6.04 Å². The minimum absolute atomic E-state index is 0.0358. The third-order valence-corrected chi connectivity index (χ3v) is 5.91. The Kier molecular flexibility index (Phi) is 3.80. The lowest BCUT2D eigenvalue weighted by molar-refractivity contribution is -0.139. The molecule has 114 valence electrons. The summed E-state index contributed by atoms with van der Waals surface area (Å²) in [5.41, 5.74) is 0.138. The lowest BCUT2D eigenvalue weighted by atomic mass is 9.84. The second-order valence-electron chi connectivity index (χ2n) is 7.39. The minimum atomic E-state index is 0.0358. The van der Waals surface area contributed by atoms with E-state index in [9.17, 15) is 4.79 Å². The fourth-order valence-electron chi connectivity index (χ4n) is 4.62. The quantitative estimate of drug-likeness (QED) is 0.828. The van der Waals surface area contributed by atoms with Crippen molar-refractivity contribution in [2.24, 2.45) is 11.8 Å². The number of rotatable bonds is 2. The van der Waals surface area contributed by atoms with Crippen LogP contribution in [0, 0.1) is 11.8 Å². The summed E-state index contributed by atoms with van der Waals surface area (Å²) in [4.78, 5) is 17.3. The number of hydrogen-bond donors (Lipinski definition) is 1. The second-order valence-corrected chi connectivity index (χ2v) is 7.39. The predicted molar refractivity (Wildman–Crippen MR) is 80.5 cm³/mol. The lowest BCUT2D eigenvalue weighted by Crippen LogP contribution is -2.55. The third-order valence-electron chi connectivity index (χ3n) is 5.91. The van der Waals surface area contributed by atoms with Gasteiger partial charge in [-0.3, -0.25) is 9.69 Å². The van der Waals surface area contributed by atoms with Gasteiger partial charge in [0.1, 0.15) is 0 Å². The Morgan fingerprint density at radius 3 is 2.55 bits per heavy atom. The number of nitrogens with zero attached hydrogens (tertiary/aromatic N) is 2. The maximum absolute atomic E-state index is 12.8. The van der Waals surface area contributed by atoms with E-state index in [-0.39, 0.29) is 11.6 Å². The van der Waals surface area contributed by atoms with Crippen LogP contribution in [0.15, 0.2) is 0 Å². The molecule has 0 spiro atoms. The molecular formula is C16H29N3O. The largest absolute Gasteiger partial charge is 0.341 e. The molecule has 3 fully saturated rings. The highest BCUT2D eigenvalue weighted by Crippen LogP contribution is 2.41. The highest BCUT2D eigenvalue weighted by atomic mass is 16.2. The van der Waals surface area contributed by atoms with E-state index in [1.165, 1.54) is 19.3 Å². The molecule has 3 atom stereocenters. The highest BCUT2D eigenvalue weighted by Gasteiger charge is 2.52. The van der Waals surface area contributed by atoms with Crippen LogP contribution in [0.25, 0.3) is 0 Å². The Bertz CT molecular complexity index is 376. The van der Waals surface area contributed by atoms with Crippen LogP contribution in [0.2, 0.25) is 0 Å². The molecule has 3 unspecified atom stereocenters. The highest BCUT2D eigenvalue weighted by molar-refractivity contribution is 5.81. The van der Waals surface area contributed by atoms with E-state index < -0.39 is 0 Å². The Morgan fingerprint density at radius 1 is 1.20 bits per heavy atom. The molecule has 1 N–H and O–H groups in total. The first-order valence-electron chi connectivity index (χ1n) is 8.28. The van der Waals surface area contributed by atoms with Gasteiger partial charge in [-0.2, -0.15) is 0 Å². The van der Waals surface area contributed by atoms with Crippen LogP contribution < -0.4 is 5.32 Å². The molecule has 3 aliphatic heterocycles. The van der Waals surface area contributed by atoms with E-state index in [0.29, 0.717) is 11.8 Å². The molecule has 0 aromatic carbocycles. The van der Waals surface area contributed by atoms with Crippen molar-refractivity contribution < 1.29 is 4.79 Å². The lowest BCUT2D eigenvalue weighted by Gasteiger charge is -2.41. The normalized spacial score (nSPS) is 35.0. The van der Waals surface area contributed by atoms with Crippen LogP contribution in [-0.2, 0) is 4.79 Å². The SMILES string of the molecule is CC(C(=O)N1CCCCC1)N1CC2CNCC2C1(C)C. The molecular weight excluding hydrogens is 250 g/mol. The first-order valence-corrected chi connectivity index (χ1v) is 8.28. The number of fused-ring (bicyclic) bond motifs is 1. The van der Waals surface area contributed by atoms with Gasteiger partial charge in [0.15, 0.2) is 0 Å². The van der Waals surface area contributed by atoms with Crippen LogP contribution in [0.4, 0.5) is 0 Å². The molecule has 3 saturated heterocycles. The summed E-state index contributed by atoms with van der Waals surface area (Å²) in [6, 6.07) is 0.0358. The first kappa shape index (κ1) is 14.3. The number of carbonyl (C=O) groups excluding carboxylic acids is 1. The third kappa shape index (κ3) is 2.27. The number of likely N-dealkylation sites (tertiary alicyclic amines) is 2. The second kappa shape index (κ2) is 5.30. The van der Waals surface area contributed by atoms with Gasteiger partial charge in [-0.15, -0.1) is 0 Å². The van der Waals surface area contributed by atoms with Crippen molar-refractivity contribution in [1.82, 2.24) is 15.1 Å². The summed E-state index contributed by atoms with van der Waals surface area (Å²) in [6.45, 7) is 12.0. The Hall–Kier alpha value is -0.610. The number of amides is 1. The smallest absolute Gasteiger partial charge is 0.239 e. The monoisotopic (exact) mass is 279 g/mol. The molecule has 0 aromatic rings. The molecule has 0 bridgehead atoms. The molecule has 4 nitrogen and oxygen atoms in total. The standard InChI is InChI=1S/C16H29N3O/c1-12(15(20)18-7-5-4-6-8-18)19-11-13-9-17-10-14(13)16(19,2)3/h12-14,17H,4-11H2,1-3H3. The van der Waals surface area contributed by atoms with Crippen LogP contribution in [-0.4, -0.2) is 60.0 Å². The van der Waals surface area contributed by atoms with Crippen molar-refractivity contribution >= 4 is 5.91 Å². The Morgan fingerprint density at radius 2 is 1.90 bits per heavy atom. The maximum atomic E-state index is 12.8. The molecule has 0 radical (unpaired) electrons. The topological polar surface area (TPSA) is 35.6 Å². The van der Waals surface area contributed by atoms with E-state index in [2.05, 4.69) is 35.9 Å². The molecule has 0 saturated carbocycles. The van der Waals surface area contributed by atoms with Gasteiger partial charge in [0, 0.05) is 31.7 Å². The summed E-state index contributed by atoms with van der Waals surface area (Å²) in [5.74, 6) is 1.77. The molecule has 3 aliphatic rings. The van der Waals surface area contributed by atoms with Crippen molar-refractivity contribution in [2.75, 3.05) is 32.7 Å². The van der Waals surface area contributed by atoms with Crippen molar-refractivity contribution in [3.05, 3.63) is 0 Å². The Labute approximate surface area is 122 Å². The molecule has 0 aliphatic carbocycles. The van der Waals surface area contributed by atoms with E-state index in [0.717, 1.165) is 38.6 Å². The summed E-state index contributed by atoms with van der Waals surface area (Å²) < 4.78 is 0. The zero-order valence-electron chi connectivity index (χ0n) is 13.2. The van der Waals surface area contributed by atoms with Crippen LogP contribution >= 0.6 is 0 Å². The Balaban J connectivity index is 1.70. The molecule has 20 heavy (non-hydrogen) atoms. The van der Waals surface area contributed by atoms with Crippen molar-refractivity contribution in [3.8, 4) is 0 Å². The van der Waals surface area contributed by atoms with Crippen molar-refractivity contribution in [1.29, 1.82) is 0 Å². The fraction of sp³-hybridized carbons (Fsp3) is 0.938. The zero-order valence-corrected chi connectivity index (χ0v) is 13.2. The van der Waals surface area contributed by atoms with Gasteiger partial charge in [0.25, 0.3) is 0 Å². The van der Waals surface area contributed by atoms with E-state index >= 15 is 0 Å². The average Bonchev–Trinajstić information content (AvgIpc) is 3.01.